The van der Waals surface area contributed by atoms with Crippen LogP contribution in [0.1, 0.15) is 101 Å². The summed E-state index contributed by atoms with van der Waals surface area (Å²) in [6.07, 6.45) is 5.82. The Balaban J connectivity index is 1.20. The molecule has 3 heterocycles. The first kappa shape index (κ1) is 34.9. The number of hydrogen-bond donors (Lipinski definition) is 5. The van der Waals surface area contributed by atoms with Gasteiger partial charge in [-0.25, -0.2) is 13.9 Å². The molecule has 4 atom stereocenters. The number of aliphatic hydroxyl groups excluding tert-OH is 1. The maximum absolute atomic E-state index is 15.0. The molecule has 0 spiro atoms. The molecule has 2 aromatic carbocycles. The van der Waals surface area contributed by atoms with E-state index in [1.54, 1.807) is 29.0 Å². The van der Waals surface area contributed by atoms with Crippen LogP contribution < -0.4 is 20.9 Å². The number of aromatic nitrogens is 3. The van der Waals surface area contributed by atoms with Crippen molar-refractivity contribution in [3.05, 3.63) is 101 Å². The van der Waals surface area contributed by atoms with Crippen LogP contribution in [-0.4, -0.2) is 48.4 Å². The van der Waals surface area contributed by atoms with Crippen LogP contribution in [0.2, 0.25) is 0 Å². The lowest BCUT2D eigenvalue weighted by Gasteiger charge is -2.41. The number of halogens is 1. The minimum absolute atomic E-state index is 0.125. The van der Waals surface area contributed by atoms with E-state index in [-0.39, 0.29) is 53.4 Å². The number of ether oxygens (including phenoxy) is 1. The van der Waals surface area contributed by atoms with Crippen LogP contribution in [0.4, 0.5) is 15.0 Å². The maximum Gasteiger partial charge on any atom is 0.320 e. The minimum atomic E-state index is -0.531. The fourth-order valence-electron chi connectivity index (χ4n) is 7.03. The minimum Gasteiger partial charge on any atom is -0.484 e. The summed E-state index contributed by atoms with van der Waals surface area (Å²) >= 11 is 0. The summed E-state index contributed by atoms with van der Waals surface area (Å²) in [6.45, 7) is 9.97. The highest BCUT2D eigenvalue weighted by Gasteiger charge is 2.31. The SMILES string of the molecule is C[C@@H]1CCC[C@H](C)N1C(=N)n1cc(O[C@@H]2CC[C@H](NC(=O)Nc3cc(C(C)(C)C)nn3-c3cc(CO)ccc3F)c3ccccc32)ccc1=N. The normalized spacial score (nSPS) is 20.6. The van der Waals surface area contributed by atoms with Gasteiger partial charge < -0.3 is 20.1 Å². The fourth-order valence-corrected chi connectivity index (χ4v) is 7.03. The van der Waals surface area contributed by atoms with Crippen molar-refractivity contribution < 1.29 is 19.0 Å². The lowest BCUT2D eigenvalue weighted by Crippen LogP contribution is -2.51. The number of fused-ring (bicyclic) bond motifs is 1. The Bertz CT molecular complexity index is 1940. The molecule has 6 rings (SSSR count). The molecule has 11 nitrogen and oxygen atoms in total. The molecule has 1 saturated heterocycles. The molecule has 5 N–H and O–H groups in total. The number of likely N-dealkylation sites (tertiary alicyclic amines) is 1. The number of amides is 2. The number of pyridine rings is 1. The predicted octanol–water partition coefficient (Wildman–Crippen LogP) is 6.90. The van der Waals surface area contributed by atoms with Gasteiger partial charge in [0.2, 0.25) is 5.96 Å². The topological polar surface area (TPSA) is 144 Å². The first-order valence-electron chi connectivity index (χ1n) is 17.3. The molecule has 2 amide bonds. The number of nitrogens with one attached hydrogen (secondary N) is 4. The van der Waals surface area contributed by atoms with Gasteiger partial charge in [0.1, 0.15) is 34.7 Å². The number of nitrogens with zero attached hydrogens (tertiary/aromatic N) is 4. The average molecular weight is 683 g/mol. The number of rotatable bonds is 6. The number of aliphatic hydroxyl groups is 1. The largest absolute Gasteiger partial charge is 0.484 e. The molecule has 0 radical (unpaired) electrons. The Morgan fingerprint density at radius 1 is 1.02 bits per heavy atom. The van der Waals surface area contributed by atoms with Crippen molar-refractivity contribution in [3.8, 4) is 11.4 Å². The Morgan fingerprint density at radius 2 is 1.74 bits per heavy atom. The third kappa shape index (κ3) is 7.16. The molecule has 264 valence electrons. The second-order valence-corrected chi connectivity index (χ2v) is 14.5. The van der Waals surface area contributed by atoms with E-state index in [9.17, 15) is 9.90 Å². The van der Waals surface area contributed by atoms with Gasteiger partial charge in [-0.1, -0.05) is 51.1 Å². The van der Waals surface area contributed by atoms with Gasteiger partial charge >= 0.3 is 6.03 Å². The van der Waals surface area contributed by atoms with Crippen molar-refractivity contribution >= 4 is 17.8 Å². The second-order valence-electron chi connectivity index (χ2n) is 14.5. The zero-order chi connectivity index (χ0) is 35.7. The van der Waals surface area contributed by atoms with Crippen LogP contribution in [0, 0.1) is 16.6 Å². The molecule has 1 aliphatic heterocycles. The van der Waals surface area contributed by atoms with E-state index >= 15 is 4.39 Å². The van der Waals surface area contributed by atoms with E-state index in [1.165, 1.54) is 22.9 Å². The van der Waals surface area contributed by atoms with Crippen LogP contribution >= 0.6 is 0 Å². The van der Waals surface area contributed by atoms with E-state index in [1.807, 2.05) is 45.0 Å². The van der Waals surface area contributed by atoms with Crippen LogP contribution in [0.5, 0.6) is 5.75 Å². The highest BCUT2D eigenvalue weighted by molar-refractivity contribution is 5.89. The summed E-state index contributed by atoms with van der Waals surface area (Å²) in [5, 5.41) is 37.8. The zero-order valence-electron chi connectivity index (χ0n) is 29.3. The highest BCUT2D eigenvalue weighted by Crippen LogP contribution is 2.39. The molecular formula is C38H47FN8O3. The predicted molar refractivity (Wildman–Crippen MR) is 190 cm³/mol. The van der Waals surface area contributed by atoms with E-state index < -0.39 is 11.8 Å². The lowest BCUT2D eigenvalue weighted by atomic mass is 9.85. The van der Waals surface area contributed by atoms with Crippen LogP contribution in [-0.2, 0) is 12.0 Å². The van der Waals surface area contributed by atoms with Crippen molar-refractivity contribution in [2.75, 3.05) is 5.32 Å². The standard InChI is InChI=1S/C38H47FN8O3/c1-23-9-8-10-24(2)46(23)36(41)45-21-26(14-18-34(45)40)50-32-17-16-30(27-11-6-7-12-28(27)32)42-37(49)43-35-20-33(38(3,4)5)44-47(35)31-19-25(22-48)13-15-29(31)39/h6-7,11-15,18-21,23-24,30,32,40-41,48H,8-10,16-17,22H2,1-5H3,(H2,42,43,49)/t23-,24+,30-,32+/m0/s1. The molecular weight excluding hydrogens is 635 g/mol. The van der Waals surface area contributed by atoms with E-state index in [2.05, 4.69) is 34.5 Å². The zero-order valence-corrected chi connectivity index (χ0v) is 29.3. The van der Waals surface area contributed by atoms with Gasteiger partial charge in [-0.3, -0.25) is 20.7 Å². The molecule has 0 saturated carbocycles. The van der Waals surface area contributed by atoms with Crippen molar-refractivity contribution in [3.63, 3.8) is 0 Å². The summed E-state index contributed by atoms with van der Waals surface area (Å²) in [6, 6.07) is 17.0. The number of hydrogen-bond acceptors (Lipinski definition) is 6. The van der Waals surface area contributed by atoms with Crippen molar-refractivity contribution in [2.45, 2.75) is 103 Å². The second kappa shape index (κ2) is 14.1. The molecule has 12 heteroatoms. The Labute approximate surface area is 292 Å². The molecule has 2 aliphatic rings. The van der Waals surface area contributed by atoms with Gasteiger partial charge in [0, 0.05) is 23.6 Å². The van der Waals surface area contributed by atoms with Crippen molar-refractivity contribution in [2.24, 2.45) is 0 Å². The molecule has 2 aromatic heterocycles. The van der Waals surface area contributed by atoms with Crippen LogP contribution in [0.25, 0.3) is 5.69 Å². The summed E-state index contributed by atoms with van der Waals surface area (Å²) in [5.74, 6) is 0.611. The van der Waals surface area contributed by atoms with Gasteiger partial charge in [0.05, 0.1) is 24.5 Å². The molecule has 0 unspecified atom stereocenters. The summed E-state index contributed by atoms with van der Waals surface area (Å²) < 4.78 is 24.5. The third-order valence-electron chi connectivity index (χ3n) is 9.75. The number of carbonyl (C=O) groups is 1. The summed E-state index contributed by atoms with van der Waals surface area (Å²) in [5.41, 5.74) is 3.03. The summed E-state index contributed by atoms with van der Waals surface area (Å²) in [4.78, 5) is 15.6. The Kier molecular flexibility index (Phi) is 9.84. The number of carbonyl (C=O) groups excluding carboxylic acids is 1. The average Bonchev–Trinajstić information content (AvgIpc) is 3.51. The lowest BCUT2D eigenvalue weighted by molar-refractivity contribution is 0.170. The van der Waals surface area contributed by atoms with Gasteiger partial charge in [0.25, 0.3) is 0 Å². The molecule has 1 aliphatic carbocycles. The van der Waals surface area contributed by atoms with E-state index in [4.69, 9.17) is 15.6 Å². The van der Waals surface area contributed by atoms with Gasteiger partial charge in [-0.05, 0) is 86.9 Å². The van der Waals surface area contributed by atoms with Crippen LogP contribution in [0.3, 0.4) is 0 Å². The number of urea groups is 1. The molecule has 4 aromatic rings. The molecule has 1 fully saturated rings. The van der Waals surface area contributed by atoms with Crippen molar-refractivity contribution in [1.29, 1.82) is 10.8 Å². The fraction of sp³-hybridized carbons (Fsp3) is 0.421. The van der Waals surface area contributed by atoms with Crippen LogP contribution in [0.15, 0.2) is 66.9 Å². The Hall–Kier alpha value is -4.97. The van der Waals surface area contributed by atoms with E-state index in [0.29, 0.717) is 35.7 Å². The first-order valence-corrected chi connectivity index (χ1v) is 17.3. The Morgan fingerprint density at radius 3 is 2.44 bits per heavy atom. The molecule has 0 bridgehead atoms. The number of piperidine rings is 1. The first-order chi connectivity index (χ1) is 23.8. The number of anilines is 1. The van der Waals surface area contributed by atoms with Gasteiger partial charge in [0.15, 0.2) is 0 Å². The van der Waals surface area contributed by atoms with Gasteiger partial charge in [-0.2, -0.15) is 5.10 Å². The van der Waals surface area contributed by atoms with Gasteiger partial charge in [-0.15, -0.1) is 0 Å². The van der Waals surface area contributed by atoms with Crippen molar-refractivity contribution in [1.82, 2.24) is 24.6 Å². The smallest absolute Gasteiger partial charge is 0.320 e. The summed E-state index contributed by atoms with van der Waals surface area (Å²) in [7, 11) is 0. The third-order valence-corrected chi connectivity index (χ3v) is 9.75. The highest BCUT2D eigenvalue weighted by atomic mass is 19.1. The number of benzene rings is 2. The van der Waals surface area contributed by atoms with E-state index in [0.717, 1.165) is 30.4 Å². The monoisotopic (exact) mass is 682 g/mol. The maximum atomic E-state index is 15.0. The quantitative estimate of drug-likeness (QED) is 0.111. The molecule has 50 heavy (non-hydrogen) atoms.